The fourth-order valence-electron chi connectivity index (χ4n) is 3.74. The second-order valence-electron chi connectivity index (χ2n) is 7.32. The van der Waals surface area contributed by atoms with Gasteiger partial charge in [0.1, 0.15) is 17.3 Å². The van der Waals surface area contributed by atoms with Crippen LogP contribution in [0.25, 0.3) is 22.4 Å². The summed E-state index contributed by atoms with van der Waals surface area (Å²) in [5.41, 5.74) is 8.15. The first-order valence-corrected chi connectivity index (χ1v) is 10.6. The predicted octanol–water partition coefficient (Wildman–Crippen LogP) is 5.90. The zero-order valence-corrected chi connectivity index (χ0v) is 17.9. The topological polar surface area (TPSA) is 46.0 Å². The third-order valence-electron chi connectivity index (χ3n) is 5.24. The molecule has 0 saturated heterocycles. The molecule has 1 aliphatic heterocycles. The van der Waals surface area contributed by atoms with Crippen LogP contribution >= 0.6 is 23.2 Å². The van der Waals surface area contributed by atoms with Gasteiger partial charge in [-0.15, -0.1) is 0 Å². The number of hydrogen-bond acceptors (Lipinski definition) is 4. The van der Waals surface area contributed by atoms with Gasteiger partial charge in [-0.25, -0.2) is 14.1 Å². The van der Waals surface area contributed by atoms with Crippen molar-refractivity contribution in [1.29, 1.82) is 0 Å². The van der Waals surface area contributed by atoms with E-state index in [1.807, 2.05) is 35.0 Å². The molecule has 0 aliphatic carbocycles. The van der Waals surface area contributed by atoms with E-state index >= 15 is 0 Å². The average Bonchev–Trinajstić information content (AvgIpc) is 3.16. The molecule has 0 fully saturated rings. The van der Waals surface area contributed by atoms with Crippen molar-refractivity contribution < 1.29 is 4.39 Å². The summed E-state index contributed by atoms with van der Waals surface area (Å²) in [5.74, 6) is 0.612. The van der Waals surface area contributed by atoms with Gasteiger partial charge in [0.05, 0.1) is 22.2 Å². The van der Waals surface area contributed by atoms with Crippen LogP contribution in [0, 0.1) is 5.82 Å². The smallest absolute Gasteiger partial charge is 0.147 e. The number of fused-ring (bicyclic) bond motifs is 1. The lowest BCUT2D eigenvalue weighted by atomic mass is 10.0. The third kappa shape index (κ3) is 4.02. The number of hydrazine groups is 1. The summed E-state index contributed by atoms with van der Waals surface area (Å²) < 4.78 is 15.5. The molecule has 0 bridgehead atoms. The van der Waals surface area contributed by atoms with Crippen molar-refractivity contribution >= 4 is 29.0 Å². The normalized spacial score (nSPS) is 13.6. The lowest BCUT2D eigenvalue weighted by molar-refractivity contribution is 0.275. The Morgan fingerprint density at radius 3 is 2.42 bits per heavy atom. The summed E-state index contributed by atoms with van der Waals surface area (Å²) in [4.78, 5) is 4.14. The first-order chi connectivity index (χ1) is 15.1. The maximum Gasteiger partial charge on any atom is 0.147 e. The van der Waals surface area contributed by atoms with Crippen molar-refractivity contribution in [1.82, 2.24) is 19.8 Å². The number of pyridine rings is 1. The van der Waals surface area contributed by atoms with E-state index in [9.17, 15) is 4.39 Å². The predicted molar refractivity (Wildman–Crippen MR) is 121 cm³/mol. The summed E-state index contributed by atoms with van der Waals surface area (Å²) in [5, 5.41) is 8.04. The molecule has 0 spiro atoms. The fraction of sp³-hybridized carbons (Fsp3) is 0.130. The average molecular weight is 454 g/mol. The minimum absolute atomic E-state index is 0.274. The second-order valence-corrected chi connectivity index (χ2v) is 8.13. The van der Waals surface area contributed by atoms with E-state index in [4.69, 9.17) is 28.3 Å². The molecule has 2 aromatic carbocycles. The van der Waals surface area contributed by atoms with Crippen LogP contribution in [-0.2, 0) is 13.1 Å². The number of halogens is 3. The molecule has 4 aromatic rings. The molecule has 2 aromatic heterocycles. The molecule has 31 heavy (non-hydrogen) atoms. The number of hydrogen-bond donors (Lipinski definition) is 1. The van der Waals surface area contributed by atoms with Gasteiger partial charge in [-0.2, -0.15) is 5.10 Å². The highest BCUT2D eigenvalue weighted by Gasteiger charge is 2.25. The molecule has 0 atom stereocenters. The molecule has 8 heteroatoms. The summed E-state index contributed by atoms with van der Waals surface area (Å²) in [6, 6.07) is 16.0. The summed E-state index contributed by atoms with van der Waals surface area (Å²) in [6.45, 7) is 2.13. The van der Waals surface area contributed by atoms with Crippen molar-refractivity contribution in [3.8, 4) is 22.4 Å². The van der Waals surface area contributed by atoms with E-state index in [2.05, 4.69) is 15.4 Å². The van der Waals surface area contributed by atoms with E-state index in [1.165, 1.54) is 12.1 Å². The number of rotatable bonds is 4. The first-order valence-electron chi connectivity index (χ1n) is 9.81. The standard InChI is InChI=1S/C23H18Cl2FN5/c24-19-6-1-15(13-20(19)25)14-30-11-12-31-23(29-30)21(16-7-9-27-10-8-16)22(28-31)17-2-4-18(26)5-3-17/h1-10,13,29H,11-12,14H2. The van der Waals surface area contributed by atoms with Gasteiger partial charge in [0, 0.05) is 31.0 Å². The summed E-state index contributed by atoms with van der Waals surface area (Å²) in [7, 11) is 0. The maximum atomic E-state index is 13.5. The Morgan fingerprint density at radius 1 is 0.903 bits per heavy atom. The molecule has 0 amide bonds. The second kappa shape index (κ2) is 8.30. The van der Waals surface area contributed by atoms with Gasteiger partial charge in [0.15, 0.2) is 0 Å². The number of anilines is 1. The van der Waals surface area contributed by atoms with Crippen LogP contribution < -0.4 is 5.43 Å². The number of nitrogens with one attached hydrogen (secondary N) is 1. The molecule has 0 unspecified atom stereocenters. The Bertz CT molecular complexity index is 1220. The minimum Gasteiger partial charge on any atom is -0.302 e. The Morgan fingerprint density at radius 2 is 1.68 bits per heavy atom. The van der Waals surface area contributed by atoms with Crippen LogP contribution in [0.15, 0.2) is 67.0 Å². The molecular weight excluding hydrogens is 436 g/mol. The minimum atomic E-state index is -0.274. The Balaban J connectivity index is 1.53. The largest absolute Gasteiger partial charge is 0.302 e. The lowest BCUT2D eigenvalue weighted by Gasteiger charge is -2.30. The van der Waals surface area contributed by atoms with Crippen molar-refractivity contribution in [2.24, 2.45) is 0 Å². The van der Waals surface area contributed by atoms with E-state index < -0.39 is 0 Å². The Kier molecular flexibility index (Phi) is 5.36. The molecule has 156 valence electrons. The lowest BCUT2D eigenvalue weighted by Crippen LogP contribution is -2.38. The molecule has 1 aliphatic rings. The molecule has 3 heterocycles. The molecule has 5 rings (SSSR count). The van der Waals surface area contributed by atoms with Gasteiger partial charge in [0.2, 0.25) is 0 Å². The van der Waals surface area contributed by atoms with Crippen LogP contribution in [0.5, 0.6) is 0 Å². The van der Waals surface area contributed by atoms with E-state index in [-0.39, 0.29) is 5.82 Å². The first kappa shape index (κ1) is 20.0. The van der Waals surface area contributed by atoms with Gasteiger partial charge in [-0.3, -0.25) is 4.98 Å². The monoisotopic (exact) mass is 453 g/mol. The van der Waals surface area contributed by atoms with E-state index in [1.54, 1.807) is 24.5 Å². The van der Waals surface area contributed by atoms with Crippen molar-refractivity contribution in [2.75, 3.05) is 12.0 Å². The Labute approximate surface area is 189 Å². The zero-order valence-electron chi connectivity index (χ0n) is 16.4. The summed E-state index contributed by atoms with van der Waals surface area (Å²) in [6.07, 6.45) is 3.51. The van der Waals surface area contributed by atoms with Gasteiger partial charge in [-0.1, -0.05) is 29.3 Å². The molecular formula is C23H18Cl2FN5. The van der Waals surface area contributed by atoms with Crippen LogP contribution in [0.4, 0.5) is 10.2 Å². The highest BCUT2D eigenvalue weighted by Crippen LogP contribution is 2.39. The SMILES string of the molecule is Fc1ccc(-c2nn3c(c2-c2ccncc2)NN(Cc2ccc(Cl)c(Cl)c2)CC3)cc1. The molecule has 0 saturated carbocycles. The van der Waals surface area contributed by atoms with E-state index in [0.717, 1.165) is 40.3 Å². The molecule has 5 nitrogen and oxygen atoms in total. The van der Waals surface area contributed by atoms with Crippen molar-refractivity contribution in [3.05, 3.63) is 88.4 Å². The van der Waals surface area contributed by atoms with Gasteiger partial charge >= 0.3 is 0 Å². The molecule has 0 radical (unpaired) electrons. The number of benzene rings is 2. The fourth-order valence-corrected chi connectivity index (χ4v) is 4.06. The third-order valence-corrected chi connectivity index (χ3v) is 5.98. The highest BCUT2D eigenvalue weighted by molar-refractivity contribution is 6.42. The van der Waals surface area contributed by atoms with Gasteiger partial charge in [-0.05, 0) is 59.7 Å². The van der Waals surface area contributed by atoms with Crippen LogP contribution in [-0.4, -0.2) is 26.3 Å². The van der Waals surface area contributed by atoms with Gasteiger partial charge < -0.3 is 5.43 Å². The zero-order chi connectivity index (χ0) is 21.4. The quantitative estimate of drug-likeness (QED) is 0.417. The van der Waals surface area contributed by atoms with Crippen molar-refractivity contribution in [3.63, 3.8) is 0 Å². The highest BCUT2D eigenvalue weighted by atomic mass is 35.5. The maximum absolute atomic E-state index is 13.5. The van der Waals surface area contributed by atoms with Gasteiger partial charge in [0.25, 0.3) is 0 Å². The molecule has 1 N–H and O–H groups in total. The van der Waals surface area contributed by atoms with Crippen LogP contribution in [0.3, 0.4) is 0 Å². The summed E-state index contributed by atoms with van der Waals surface area (Å²) >= 11 is 12.2. The van der Waals surface area contributed by atoms with Crippen LogP contribution in [0.1, 0.15) is 5.56 Å². The van der Waals surface area contributed by atoms with Crippen LogP contribution in [0.2, 0.25) is 10.0 Å². The van der Waals surface area contributed by atoms with E-state index in [0.29, 0.717) is 23.1 Å². The van der Waals surface area contributed by atoms with Crippen molar-refractivity contribution in [2.45, 2.75) is 13.1 Å². The Hall–Kier alpha value is -2.93. The number of aromatic nitrogens is 3. The number of nitrogens with zero attached hydrogens (tertiary/aromatic N) is 4.